The van der Waals surface area contributed by atoms with Crippen LogP contribution in [0, 0.1) is 5.92 Å². The topological polar surface area (TPSA) is 55.8 Å². The predicted molar refractivity (Wildman–Crippen MR) is 123 cm³/mol. The Bertz CT molecular complexity index is 1080. The molecular weight excluding hydrogens is 388 g/mol. The average Bonchev–Trinajstić information content (AvgIpc) is 3.30. The molecule has 162 valence electrons. The number of carboxylic acids is 1. The lowest BCUT2D eigenvalue weighted by molar-refractivity contribution is -0.131. The Hall–Kier alpha value is -3.01. The van der Waals surface area contributed by atoms with E-state index in [1.54, 1.807) is 7.11 Å². The molecule has 0 unspecified atom stereocenters. The van der Waals surface area contributed by atoms with Crippen LogP contribution in [0.3, 0.4) is 0 Å². The molecule has 0 bridgehead atoms. The van der Waals surface area contributed by atoms with Gasteiger partial charge in [-0.25, -0.2) is 4.79 Å². The largest absolute Gasteiger partial charge is 0.497 e. The number of benzene rings is 2. The number of hydrogen-bond donors (Lipinski definition) is 1. The van der Waals surface area contributed by atoms with Crippen LogP contribution in [-0.4, -0.2) is 24.8 Å². The molecule has 0 saturated heterocycles. The van der Waals surface area contributed by atoms with Crippen LogP contribution in [0.15, 0.2) is 60.2 Å². The maximum atomic E-state index is 10.9. The molecular formula is C27H30O4. The number of rotatable bonds is 6. The quantitative estimate of drug-likeness (QED) is 0.469. The summed E-state index contributed by atoms with van der Waals surface area (Å²) in [5.41, 5.74) is 5.56. The summed E-state index contributed by atoms with van der Waals surface area (Å²) in [5, 5.41) is 8.93. The summed E-state index contributed by atoms with van der Waals surface area (Å²) < 4.78 is 11.5. The molecule has 0 spiro atoms. The predicted octanol–water partition coefficient (Wildman–Crippen LogP) is 5.90. The molecule has 0 radical (unpaired) electrons. The fourth-order valence-electron chi connectivity index (χ4n) is 4.45. The molecule has 1 heterocycles. The zero-order chi connectivity index (χ0) is 22.4. The number of allylic oxidation sites excluding steroid dienone is 3. The van der Waals surface area contributed by atoms with Crippen molar-refractivity contribution in [1.29, 1.82) is 0 Å². The van der Waals surface area contributed by atoms with E-state index in [-0.39, 0.29) is 10.8 Å². The van der Waals surface area contributed by atoms with Gasteiger partial charge in [-0.2, -0.15) is 0 Å². The van der Waals surface area contributed by atoms with E-state index in [9.17, 15) is 4.79 Å². The molecule has 31 heavy (non-hydrogen) atoms. The van der Waals surface area contributed by atoms with Crippen LogP contribution in [0.2, 0.25) is 0 Å². The van der Waals surface area contributed by atoms with Crippen molar-refractivity contribution in [2.75, 3.05) is 13.7 Å². The van der Waals surface area contributed by atoms with E-state index >= 15 is 0 Å². The Morgan fingerprint density at radius 3 is 2.55 bits per heavy atom. The normalized spacial score (nSPS) is 24.0. The highest BCUT2D eigenvalue weighted by Gasteiger charge is 2.50. The molecule has 2 aromatic carbocycles. The van der Waals surface area contributed by atoms with Crippen molar-refractivity contribution in [3.8, 4) is 22.6 Å². The third kappa shape index (κ3) is 3.99. The van der Waals surface area contributed by atoms with E-state index in [1.807, 2.05) is 25.1 Å². The van der Waals surface area contributed by atoms with Gasteiger partial charge >= 0.3 is 5.97 Å². The van der Waals surface area contributed by atoms with Crippen molar-refractivity contribution in [2.24, 2.45) is 5.92 Å². The minimum absolute atomic E-state index is 0.0366. The molecule has 1 aliphatic heterocycles. The molecule has 4 heteroatoms. The molecule has 4 nitrogen and oxygen atoms in total. The van der Waals surface area contributed by atoms with Crippen molar-refractivity contribution < 1.29 is 19.4 Å². The van der Waals surface area contributed by atoms with Gasteiger partial charge in [0, 0.05) is 22.6 Å². The fourth-order valence-corrected chi connectivity index (χ4v) is 4.45. The number of hydrogen-bond acceptors (Lipinski definition) is 3. The van der Waals surface area contributed by atoms with Crippen LogP contribution in [0.1, 0.15) is 45.2 Å². The van der Waals surface area contributed by atoms with Crippen LogP contribution in [0.5, 0.6) is 11.5 Å². The first-order chi connectivity index (χ1) is 14.6. The van der Waals surface area contributed by atoms with Gasteiger partial charge in [0.05, 0.1) is 13.7 Å². The second kappa shape index (κ2) is 7.60. The van der Waals surface area contributed by atoms with Crippen LogP contribution >= 0.6 is 0 Å². The molecule has 0 aromatic heterocycles. The maximum Gasteiger partial charge on any atom is 0.328 e. The lowest BCUT2D eigenvalue weighted by atomic mass is 9.81. The van der Waals surface area contributed by atoms with Gasteiger partial charge in [-0.1, -0.05) is 51.1 Å². The molecule has 2 aliphatic rings. The summed E-state index contributed by atoms with van der Waals surface area (Å²) in [6.07, 6.45) is 6.37. The Labute approximate surface area is 184 Å². The minimum Gasteiger partial charge on any atom is -0.497 e. The lowest BCUT2D eigenvalue weighted by Crippen LogP contribution is -2.18. The molecule has 4 rings (SSSR count). The number of ether oxygens (including phenoxy) is 2. The second-order valence-electron chi connectivity index (χ2n) is 9.62. The van der Waals surface area contributed by atoms with E-state index in [1.165, 1.54) is 17.2 Å². The zero-order valence-electron chi connectivity index (χ0n) is 18.9. The van der Waals surface area contributed by atoms with Gasteiger partial charge in [0.2, 0.25) is 0 Å². The fraction of sp³-hybridized carbons (Fsp3) is 0.370. The summed E-state index contributed by atoms with van der Waals surface area (Å²) in [7, 11) is 1.67. The summed E-state index contributed by atoms with van der Waals surface area (Å²) in [5.74, 6) is 1.29. The van der Waals surface area contributed by atoms with E-state index in [4.69, 9.17) is 14.6 Å². The van der Waals surface area contributed by atoms with Crippen molar-refractivity contribution in [2.45, 2.75) is 44.9 Å². The first-order valence-corrected chi connectivity index (χ1v) is 10.7. The molecule has 1 N–H and O–H groups in total. The van der Waals surface area contributed by atoms with Gasteiger partial charge in [-0.05, 0) is 59.6 Å². The van der Waals surface area contributed by atoms with Crippen LogP contribution < -0.4 is 9.47 Å². The molecule has 2 aromatic rings. The number of carbonyl (C=O) groups is 1. The standard InChI is InChI=1S/C27H30O4/c1-17(12-24(28)29)6-9-19-15-27(19,4)20-13-22(18-7-10-21(30-5)11-8-18)25-23(14-20)26(2,3)16-31-25/h6-14,19H,15-16H2,1-5H3,(H,28,29)/b9-6+,17-12+/t19-,27+/m1/s1. The second-order valence-corrected chi connectivity index (χ2v) is 9.62. The van der Waals surface area contributed by atoms with E-state index in [0.29, 0.717) is 12.5 Å². The van der Waals surface area contributed by atoms with E-state index in [2.05, 4.69) is 51.1 Å². The third-order valence-corrected chi connectivity index (χ3v) is 6.70. The number of fused-ring (bicyclic) bond motifs is 1. The van der Waals surface area contributed by atoms with Crippen molar-refractivity contribution in [3.63, 3.8) is 0 Å². The van der Waals surface area contributed by atoms with Crippen molar-refractivity contribution in [1.82, 2.24) is 0 Å². The first-order valence-electron chi connectivity index (χ1n) is 10.7. The Morgan fingerprint density at radius 2 is 1.90 bits per heavy atom. The van der Waals surface area contributed by atoms with E-state index in [0.717, 1.165) is 34.6 Å². The summed E-state index contributed by atoms with van der Waals surface area (Å²) in [6, 6.07) is 12.7. The van der Waals surface area contributed by atoms with Crippen LogP contribution in [0.4, 0.5) is 0 Å². The van der Waals surface area contributed by atoms with Crippen LogP contribution in [-0.2, 0) is 15.6 Å². The monoisotopic (exact) mass is 418 g/mol. The van der Waals surface area contributed by atoms with Crippen molar-refractivity contribution >= 4 is 5.97 Å². The summed E-state index contributed by atoms with van der Waals surface area (Å²) in [6.45, 7) is 9.25. The average molecular weight is 419 g/mol. The molecule has 2 atom stereocenters. The summed E-state index contributed by atoms with van der Waals surface area (Å²) >= 11 is 0. The van der Waals surface area contributed by atoms with Gasteiger partial charge in [-0.15, -0.1) is 0 Å². The van der Waals surface area contributed by atoms with Gasteiger partial charge < -0.3 is 14.6 Å². The SMILES string of the molecule is COc1ccc(-c2cc([C@@]3(C)C[C@H]3/C=C/C(C)=C/C(=O)O)cc3c2OCC3(C)C)cc1. The van der Waals surface area contributed by atoms with Gasteiger partial charge in [0.25, 0.3) is 0 Å². The summed E-state index contributed by atoms with van der Waals surface area (Å²) in [4.78, 5) is 10.9. The zero-order valence-corrected chi connectivity index (χ0v) is 18.9. The Balaban J connectivity index is 1.72. The minimum atomic E-state index is -0.911. The number of methoxy groups -OCH3 is 1. The third-order valence-electron chi connectivity index (χ3n) is 6.70. The van der Waals surface area contributed by atoms with Crippen molar-refractivity contribution in [3.05, 3.63) is 71.3 Å². The molecule has 0 amide bonds. The number of carboxylic acid groups (broad SMARTS) is 1. The first kappa shape index (κ1) is 21.2. The van der Waals surface area contributed by atoms with Gasteiger partial charge in [-0.3, -0.25) is 0 Å². The number of aliphatic carboxylic acids is 1. The lowest BCUT2D eigenvalue weighted by Gasteiger charge is -2.20. The molecule has 1 saturated carbocycles. The Morgan fingerprint density at radius 1 is 1.19 bits per heavy atom. The van der Waals surface area contributed by atoms with Gasteiger partial charge in [0.1, 0.15) is 11.5 Å². The Kier molecular flexibility index (Phi) is 5.20. The van der Waals surface area contributed by atoms with Crippen LogP contribution in [0.25, 0.3) is 11.1 Å². The highest BCUT2D eigenvalue weighted by Crippen LogP contribution is 2.57. The van der Waals surface area contributed by atoms with E-state index < -0.39 is 5.97 Å². The van der Waals surface area contributed by atoms with Gasteiger partial charge in [0.15, 0.2) is 0 Å². The highest BCUT2D eigenvalue weighted by molar-refractivity contribution is 5.81. The smallest absolute Gasteiger partial charge is 0.328 e. The highest BCUT2D eigenvalue weighted by atomic mass is 16.5. The molecule has 1 fully saturated rings. The molecule has 1 aliphatic carbocycles. The maximum absolute atomic E-state index is 10.9.